The summed E-state index contributed by atoms with van der Waals surface area (Å²) in [5.74, 6) is -1.98. The quantitative estimate of drug-likeness (QED) is 0.0875. The lowest BCUT2D eigenvalue weighted by molar-refractivity contribution is -0.707. The standard InChI is InChI=1S/C21H20N6O6S3/c1-34-11-33-25-14(13-9-36-21(23-13)22-10-28)17(29)24-15-18(30)27-16(20(31)32)12(8-35-19(15)27)7-26-5-3-2-4-6-26/h2-6,9-10,12,15-16H,7-8,11H2,1H3,(H-2,22,23,24,28,29,31,32)/p+2. The van der Waals surface area contributed by atoms with Crippen LogP contribution >= 0.6 is 34.9 Å². The molecule has 3 amide bonds. The number of carbonyl (C=O) groups excluding carboxylic acids is 3. The second kappa shape index (κ2) is 11.6. The molecule has 12 nitrogen and oxygen atoms in total. The third kappa shape index (κ3) is 5.42. The number of pyridine rings is 1. The van der Waals surface area contributed by atoms with E-state index < -0.39 is 29.9 Å². The van der Waals surface area contributed by atoms with Crippen LogP contribution in [-0.2, 0) is 30.6 Å². The Kier molecular flexibility index (Phi) is 8.32. The fourth-order valence-electron chi connectivity index (χ4n) is 3.81. The number of thiazole rings is 1. The molecule has 2 aliphatic rings. The van der Waals surface area contributed by atoms with Crippen molar-refractivity contribution < 1.29 is 38.3 Å². The highest BCUT2D eigenvalue weighted by Gasteiger charge is 2.61. The van der Waals surface area contributed by atoms with E-state index in [2.05, 4.69) is 20.8 Å². The van der Waals surface area contributed by atoms with Gasteiger partial charge in [0.1, 0.15) is 11.6 Å². The highest BCUT2D eigenvalue weighted by atomic mass is 32.2. The fourth-order valence-corrected chi connectivity index (χ4v) is 5.96. The maximum Gasteiger partial charge on any atom is 0.422 e. The van der Waals surface area contributed by atoms with Crippen LogP contribution in [-0.4, -0.2) is 79.6 Å². The minimum Gasteiger partial charge on any atom is -0.476 e. The molecule has 2 aromatic rings. The summed E-state index contributed by atoms with van der Waals surface area (Å²) in [5, 5.41) is 21.1. The zero-order valence-corrected chi connectivity index (χ0v) is 21.3. The lowest BCUT2D eigenvalue weighted by Crippen LogP contribution is -2.69. The SMILES string of the molecule is CSCON=C(C(=O)NC1C(=O)[N+]2=C1SCC(C[n+]1ccccc1)C2C(=O)O)c1csc(NC=O)n1. The molecular weight excluding hydrogens is 528 g/mol. The van der Waals surface area contributed by atoms with E-state index in [4.69, 9.17) is 4.84 Å². The summed E-state index contributed by atoms with van der Waals surface area (Å²) in [6, 6.07) is 3.54. The zero-order chi connectivity index (χ0) is 25.7. The second-order valence-corrected chi connectivity index (χ2v) is 10.4. The van der Waals surface area contributed by atoms with E-state index in [1.807, 2.05) is 35.2 Å². The molecule has 188 valence electrons. The number of nitrogens with zero attached hydrogens (tertiary/aromatic N) is 4. The van der Waals surface area contributed by atoms with Crippen LogP contribution in [0.1, 0.15) is 5.69 Å². The molecular formula is C21H22N6O6S3+2. The van der Waals surface area contributed by atoms with Crippen LogP contribution in [0, 0.1) is 5.92 Å². The zero-order valence-electron chi connectivity index (χ0n) is 18.9. The van der Waals surface area contributed by atoms with Gasteiger partial charge in [0, 0.05) is 23.3 Å². The van der Waals surface area contributed by atoms with Gasteiger partial charge < -0.3 is 20.6 Å². The number of nitrogens with one attached hydrogen (secondary N) is 2. The maximum absolute atomic E-state index is 13.1. The van der Waals surface area contributed by atoms with E-state index in [-0.39, 0.29) is 28.4 Å². The summed E-state index contributed by atoms with van der Waals surface area (Å²) < 4.78 is 3.14. The van der Waals surface area contributed by atoms with Crippen LogP contribution < -0.4 is 15.2 Å². The Morgan fingerprint density at radius 3 is 2.83 bits per heavy atom. The number of carboxylic acids is 1. The highest BCUT2D eigenvalue weighted by Crippen LogP contribution is 2.31. The molecule has 15 heteroatoms. The largest absolute Gasteiger partial charge is 0.476 e. The van der Waals surface area contributed by atoms with Crippen molar-refractivity contribution in [1.29, 1.82) is 0 Å². The summed E-state index contributed by atoms with van der Waals surface area (Å²) in [6.07, 6.45) is 5.95. The Bertz CT molecular complexity index is 1230. The van der Waals surface area contributed by atoms with E-state index in [1.165, 1.54) is 33.5 Å². The first kappa shape index (κ1) is 25.8. The van der Waals surface area contributed by atoms with Crippen LogP contribution in [0.15, 0.2) is 41.1 Å². The van der Waals surface area contributed by atoms with Crippen molar-refractivity contribution in [3.63, 3.8) is 0 Å². The maximum atomic E-state index is 13.1. The van der Waals surface area contributed by atoms with Gasteiger partial charge in [-0.25, -0.2) is 19.1 Å². The van der Waals surface area contributed by atoms with Crippen molar-refractivity contribution in [3.8, 4) is 0 Å². The van der Waals surface area contributed by atoms with Crippen LogP contribution in [0.25, 0.3) is 0 Å². The monoisotopic (exact) mass is 550 g/mol. The number of carbonyl (C=O) groups is 4. The lowest BCUT2D eigenvalue weighted by atomic mass is 9.96. The van der Waals surface area contributed by atoms with Crippen molar-refractivity contribution in [2.75, 3.05) is 23.3 Å². The molecule has 0 saturated heterocycles. The van der Waals surface area contributed by atoms with Crippen molar-refractivity contribution in [2.45, 2.75) is 18.6 Å². The van der Waals surface area contributed by atoms with Gasteiger partial charge in [0.15, 0.2) is 35.7 Å². The van der Waals surface area contributed by atoms with Gasteiger partial charge in [-0.2, -0.15) is 0 Å². The van der Waals surface area contributed by atoms with Gasteiger partial charge in [-0.15, -0.1) is 27.7 Å². The Morgan fingerprint density at radius 2 is 2.14 bits per heavy atom. The van der Waals surface area contributed by atoms with E-state index in [9.17, 15) is 24.3 Å². The van der Waals surface area contributed by atoms with Gasteiger partial charge in [0.05, 0.1) is 0 Å². The average Bonchev–Trinajstić information content (AvgIpc) is 3.33. The molecule has 3 unspecified atom stereocenters. The first-order valence-corrected chi connectivity index (χ1v) is 13.9. The molecule has 4 rings (SSSR count). The number of oxime groups is 1. The molecule has 0 aromatic carbocycles. The van der Waals surface area contributed by atoms with Crippen LogP contribution in [0.5, 0.6) is 0 Å². The normalized spacial score (nSPS) is 21.3. The highest BCUT2D eigenvalue weighted by molar-refractivity contribution is 8.14. The van der Waals surface area contributed by atoms with Gasteiger partial charge in [0.2, 0.25) is 12.5 Å². The number of anilines is 1. The molecule has 0 bridgehead atoms. The number of rotatable bonds is 11. The summed E-state index contributed by atoms with van der Waals surface area (Å²) in [7, 11) is 0. The molecule has 0 aliphatic carbocycles. The molecule has 3 atom stereocenters. The Balaban J connectivity index is 1.53. The Hall–Kier alpha value is -3.30. The van der Waals surface area contributed by atoms with Gasteiger partial charge in [-0.1, -0.05) is 23.0 Å². The van der Waals surface area contributed by atoms with Crippen molar-refractivity contribution >= 4 is 74.9 Å². The molecule has 2 aliphatic heterocycles. The lowest BCUT2D eigenvalue weighted by Gasteiger charge is -2.33. The van der Waals surface area contributed by atoms with Gasteiger partial charge in [-0.05, 0) is 6.26 Å². The smallest absolute Gasteiger partial charge is 0.422 e. The minimum atomic E-state index is -1.10. The summed E-state index contributed by atoms with van der Waals surface area (Å²) >= 11 is 3.79. The van der Waals surface area contributed by atoms with Crippen molar-refractivity contribution in [1.82, 2.24) is 10.3 Å². The Labute approximate surface area is 217 Å². The fraction of sp³-hybridized carbons (Fsp3) is 0.333. The molecule has 0 fully saturated rings. The van der Waals surface area contributed by atoms with Gasteiger partial charge in [0.25, 0.3) is 17.0 Å². The molecule has 36 heavy (non-hydrogen) atoms. The molecule has 0 radical (unpaired) electrons. The summed E-state index contributed by atoms with van der Waals surface area (Å²) in [6.45, 7) is 0.434. The number of carboxylic acid groups (broad SMARTS) is 1. The predicted octanol–water partition coefficient (Wildman–Crippen LogP) is -0.00750. The third-order valence-corrected chi connectivity index (χ3v) is 7.80. The van der Waals surface area contributed by atoms with Crippen LogP contribution in [0.4, 0.5) is 5.13 Å². The predicted molar refractivity (Wildman–Crippen MR) is 134 cm³/mol. The van der Waals surface area contributed by atoms with E-state index >= 15 is 0 Å². The minimum absolute atomic E-state index is 0.163. The summed E-state index contributed by atoms with van der Waals surface area (Å²) in [5.41, 5.74) is -0.00344. The second-order valence-electron chi connectivity index (χ2n) is 7.66. The van der Waals surface area contributed by atoms with E-state index in [0.717, 1.165) is 11.3 Å². The molecule has 3 N–H and O–H groups in total. The number of aromatic nitrogens is 2. The summed E-state index contributed by atoms with van der Waals surface area (Å²) in [4.78, 5) is 58.2. The van der Waals surface area contributed by atoms with Crippen molar-refractivity contribution in [3.05, 3.63) is 41.7 Å². The number of aliphatic carboxylic acids is 1. The topological polar surface area (TPSA) is 154 Å². The first-order chi connectivity index (χ1) is 17.4. The van der Waals surface area contributed by atoms with Gasteiger partial charge in [-0.3, -0.25) is 9.59 Å². The Morgan fingerprint density at radius 1 is 1.36 bits per heavy atom. The molecule has 0 spiro atoms. The molecule has 2 aromatic heterocycles. The number of hydrogen-bond acceptors (Lipinski definition) is 10. The molecule has 4 heterocycles. The third-order valence-electron chi connectivity index (χ3n) is 5.36. The molecule has 0 saturated carbocycles. The first-order valence-electron chi connectivity index (χ1n) is 10.6. The van der Waals surface area contributed by atoms with E-state index in [0.29, 0.717) is 23.8 Å². The number of hydrogen-bond donors (Lipinski definition) is 3. The average molecular weight is 551 g/mol. The number of thioether (sulfide) groups is 2. The van der Waals surface area contributed by atoms with E-state index in [1.54, 1.807) is 6.26 Å². The van der Waals surface area contributed by atoms with Crippen molar-refractivity contribution in [2.24, 2.45) is 11.1 Å². The van der Waals surface area contributed by atoms with Gasteiger partial charge >= 0.3 is 11.9 Å². The number of amides is 3. The van der Waals surface area contributed by atoms with Crippen LogP contribution in [0.3, 0.4) is 0 Å². The van der Waals surface area contributed by atoms with Crippen LogP contribution in [0.2, 0.25) is 0 Å².